The molecule has 5 heteroatoms. The number of nitrogens with zero attached hydrogens (tertiary/aromatic N) is 1. The van der Waals surface area contributed by atoms with Crippen LogP contribution in [0.4, 0.5) is 0 Å². The molecular weight excluding hydrogens is 292 g/mol. The molecule has 1 aliphatic carbocycles. The van der Waals surface area contributed by atoms with Crippen LogP contribution < -0.4 is 4.74 Å². The third kappa shape index (κ3) is 3.34. The first-order chi connectivity index (χ1) is 11.1. The van der Waals surface area contributed by atoms with Crippen molar-refractivity contribution < 1.29 is 14.6 Å². The summed E-state index contributed by atoms with van der Waals surface area (Å²) in [5.41, 5.74) is 1.98. The summed E-state index contributed by atoms with van der Waals surface area (Å²) in [5.74, 6) is 1.08. The van der Waals surface area contributed by atoms with E-state index < -0.39 is 0 Å². The van der Waals surface area contributed by atoms with Crippen molar-refractivity contribution in [2.75, 3.05) is 20.7 Å². The van der Waals surface area contributed by atoms with E-state index in [2.05, 4.69) is 4.98 Å². The van der Waals surface area contributed by atoms with Crippen molar-refractivity contribution in [3.05, 3.63) is 30.0 Å². The highest BCUT2D eigenvalue weighted by atomic mass is 16.5. The number of methoxy groups -OCH3 is 1. The monoisotopic (exact) mass is 316 g/mol. The molecule has 0 bridgehead atoms. The Morgan fingerprint density at radius 2 is 2.26 bits per heavy atom. The summed E-state index contributed by atoms with van der Waals surface area (Å²) in [7, 11) is 3.46. The number of H-pyrrole nitrogens is 1. The maximum atomic E-state index is 12.5. The van der Waals surface area contributed by atoms with E-state index in [1.807, 2.05) is 31.4 Å². The molecule has 3 rings (SSSR count). The third-order valence-electron chi connectivity index (χ3n) is 4.87. The van der Waals surface area contributed by atoms with E-state index in [9.17, 15) is 9.90 Å². The minimum atomic E-state index is -0.261. The Hall–Kier alpha value is -2.01. The number of hydrogen-bond acceptors (Lipinski definition) is 3. The maximum absolute atomic E-state index is 12.5. The zero-order valence-corrected chi connectivity index (χ0v) is 13.7. The molecule has 2 unspecified atom stereocenters. The summed E-state index contributed by atoms with van der Waals surface area (Å²) in [4.78, 5) is 17.4. The summed E-state index contributed by atoms with van der Waals surface area (Å²) in [6, 6.07) is 5.81. The molecule has 2 aromatic rings. The van der Waals surface area contributed by atoms with Gasteiger partial charge in [-0.3, -0.25) is 4.79 Å². The molecule has 1 fully saturated rings. The Morgan fingerprint density at radius 3 is 2.96 bits per heavy atom. The zero-order chi connectivity index (χ0) is 16.4. The molecule has 1 saturated carbocycles. The molecule has 0 aliphatic heterocycles. The highest BCUT2D eigenvalue weighted by Gasteiger charge is 2.27. The lowest BCUT2D eigenvalue weighted by atomic mass is 10.0. The normalized spacial score (nSPS) is 20.8. The molecule has 124 valence electrons. The summed E-state index contributed by atoms with van der Waals surface area (Å²) < 4.78 is 5.26. The number of carbonyl (C=O) groups excluding carboxylic acids is 1. The van der Waals surface area contributed by atoms with Gasteiger partial charge in [0.1, 0.15) is 5.75 Å². The predicted octanol–water partition coefficient (Wildman–Crippen LogP) is 2.34. The number of fused-ring (bicyclic) bond motifs is 1. The van der Waals surface area contributed by atoms with Crippen molar-refractivity contribution >= 4 is 16.8 Å². The molecule has 1 heterocycles. The molecule has 2 N–H and O–H groups in total. The second kappa shape index (κ2) is 6.62. The number of aromatic nitrogens is 1. The van der Waals surface area contributed by atoms with E-state index in [1.165, 1.54) is 0 Å². The quantitative estimate of drug-likeness (QED) is 0.890. The van der Waals surface area contributed by atoms with Gasteiger partial charge in [0, 0.05) is 36.6 Å². The van der Waals surface area contributed by atoms with E-state index in [0.29, 0.717) is 13.0 Å². The van der Waals surface area contributed by atoms with Crippen LogP contribution in [0, 0.1) is 5.92 Å². The Balaban J connectivity index is 1.69. The molecular formula is C18H24N2O3. The van der Waals surface area contributed by atoms with Crippen LogP contribution in [-0.2, 0) is 11.2 Å². The number of benzene rings is 1. The number of likely N-dealkylation sites (N-methyl/N-ethyl adjacent to an activating group) is 1. The number of rotatable bonds is 5. The number of ether oxygens (including phenoxy) is 1. The number of aromatic amines is 1. The van der Waals surface area contributed by atoms with Crippen LogP contribution in [0.5, 0.6) is 5.75 Å². The van der Waals surface area contributed by atoms with Gasteiger partial charge in [-0.2, -0.15) is 0 Å². The first kappa shape index (κ1) is 15.9. The van der Waals surface area contributed by atoms with Crippen LogP contribution in [0.15, 0.2) is 24.4 Å². The van der Waals surface area contributed by atoms with Gasteiger partial charge in [-0.05, 0) is 36.6 Å². The van der Waals surface area contributed by atoms with Crippen LogP contribution in [0.3, 0.4) is 0 Å². The van der Waals surface area contributed by atoms with Gasteiger partial charge in [-0.1, -0.05) is 6.42 Å². The van der Waals surface area contributed by atoms with Crippen LogP contribution in [-0.4, -0.2) is 47.7 Å². The van der Waals surface area contributed by atoms with E-state index in [0.717, 1.165) is 41.5 Å². The van der Waals surface area contributed by atoms with Gasteiger partial charge in [-0.15, -0.1) is 0 Å². The Labute approximate surface area is 136 Å². The molecule has 1 aromatic carbocycles. The van der Waals surface area contributed by atoms with Crippen molar-refractivity contribution in [2.24, 2.45) is 5.92 Å². The summed E-state index contributed by atoms with van der Waals surface area (Å²) >= 11 is 0. The summed E-state index contributed by atoms with van der Waals surface area (Å²) in [6.45, 7) is 0.631. The topological polar surface area (TPSA) is 65.6 Å². The van der Waals surface area contributed by atoms with Gasteiger partial charge in [0.2, 0.25) is 5.91 Å². The molecule has 2 atom stereocenters. The maximum Gasteiger partial charge on any atom is 0.226 e. The van der Waals surface area contributed by atoms with Crippen molar-refractivity contribution in [3.63, 3.8) is 0 Å². The number of aliphatic hydroxyl groups excluding tert-OH is 1. The minimum Gasteiger partial charge on any atom is -0.497 e. The fourth-order valence-electron chi connectivity index (χ4n) is 3.41. The standard InChI is InChI=1S/C18H24N2O3/c1-20(11-12-4-3-5-17(12)21)18(22)8-13-10-19-16-7-6-14(23-2)9-15(13)16/h6-7,9-10,12,17,19,21H,3-5,8,11H2,1-2H3. The average molecular weight is 316 g/mol. The molecule has 1 aliphatic rings. The number of aliphatic hydroxyl groups is 1. The summed E-state index contributed by atoms with van der Waals surface area (Å²) in [6.07, 6.45) is 4.89. The van der Waals surface area contributed by atoms with E-state index in [1.54, 1.807) is 12.0 Å². The van der Waals surface area contributed by atoms with Crippen molar-refractivity contribution in [3.8, 4) is 5.75 Å². The molecule has 0 saturated heterocycles. The minimum absolute atomic E-state index is 0.0767. The molecule has 1 aromatic heterocycles. The third-order valence-corrected chi connectivity index (χ3v) is 4.87. The lowest BCUT2D eigenvalue weighted by molar-refractivity contribution is -0.130. The number of hydrogen-bond donors (Lipinski definition) is 2. The number of nitrogens with one attached hydrogen (secondary N) is 1. The largest absolute Gasteiger partial charge is 0.497 e. The smallest absolute Gasteiger partial charge is 0.226 e. The van der Waals surface area contributed by atoms with Crippen LogP contribution in [0.2, 0.25) is 0 Å². The second-order valence-electron chi connectivity index (χ2n) is 6.43. The van der Waals surface area contributed by atoms with Crippen molar-refractivity contribution in [2.45, 2.75) is 31.8 Å². The Morgan fingerprint density at radius 1 is 1.43 bits per heavy atom. The molecule has 1 amide bonds. The SMILES string of the molecule is COc1ccc2[nH]cc(CC(=O)N(C)CC3CCCC3O)c2c1. The van der Waals surface area contributed by atoms with E-state index in [4.69, 9.17) is 4.74 Å². The van der Waals surface area contributed by atoms with Gasteiger partial charge in [0.25, 0.3) is 0 Å². The van der Waals surface area contributed by atoms with Crippen LogP contribution in [0.25, 0.3) is 10.9 Å². The van der Waals surface area contributed by atoms with Crippen LogP contribution in [0.1, 0.15) is 24.8 Å². The van der Waals surface area contributed by atoms with Crippen molar-refractivity contribution in [1.82, 2.24) is 9.88 Å². The molecule has 0 spiro atoms. The molecule has 0 radical (unpaired) electrons. The highest BCUT2D eigenvalue weighted by molar-refractivity contribution is 5.89. The fourth-order valence-corrected chi connectivity index (χ4v) is 3.41. The Kier molecular flexibility index (Phi) is 4.57. The second-order valence-corrected chi connectivity index (χ2v) is 6.43. The van der Waals surface area contributed by atoms with Crippen LogP contribution >= 0.6 is 0 Å². The van der Waals surface area contributed by atoms with Gasteiger partial charge in [0.15, 0.2) is 0 Å². The first-order valence-corrected chi connectivity index (χ1v) is 8.14. The molecule has 23 heavy (non-hydrogen) atoms. The number of carbonyl (C=O) groups is 1. The highest BCUT2D eigenvalue weighted by Crippen LogP contribution is 2.27. The van der Waals surface area contributed by atoms with Gasteiger partial charge in [-0.25, -0.2) is 0 Å². The van der Waals surface area contributed by atoms with Gasteiger partial charge in [0.05, 0.1) is 19.6 Å². The number of amides is 1. The predicted molar refractivity (Wildman–Crippen MR) is 89.5 cm³/mol. The first-order valence-electron chi connectivity index (χ1n) is 8.14. The fraction of sp³-hybridized carbons (Fsp3) is 0.500. The Bertz CT molecular complexity index is 695. The van der Waals surface area contributed by atoms with Gasteiger partial charge < -0.3 is 19.7 Å². The lowest BCUT2D eigenvalue weighted by Crippen LogP contribution is -2.35. The lowest BCUT2D eigenvalue weighted by Gasteiger charge is -2.23. The summed E-state index contributed by atoms with van der Waals surface area (Å²) in [5, 5.41) is 10.9. The zero-order valence-electron chi connectivity index (χ0n) is 13.7. The molecule has 5 nitrogen and oxygen atoms in total. The van der Waals surface area contributed by atoms with Gasteiger partial charge >= 0.3 is 0 Å². The average Bonchev–Trinajstić information content (AvgIpc) is 3.13. The van der Waals surface area contributed by atoms with E-state index in [-0.39, 0.29) is 17.9 Å². The van der Waals surface area contributed by atoms with E-state index >= 15 is 0 Å². The van der Waals surface area contributed by atoms with Crippen molar-refractivity contribution in [1.29, 1.82) is 0 Å².